The van der Waals surface area contributed by atoms with Gasteiger partial charge in [-0.2, -0.15) is 0 Å². The first-order chi connectivity index (χ1) is 10.0. The Morgan fingerprint density at radius 1 is 1.24 bits per heavy atom. The van der Waals surface area contributed by atoms with Crippen LogP contribution >= 0.6 is 11.6 Å². The van der Waals surface area contributed by atoms with E-state index in [4.69, 9.17) is 16.7 Å². The average molecular weight is 309 g/mol. The number of halogens is 1. The molecule has 2 fully saturated rings. The first kappa shape index (κ1) is 14.2. The highest BCUT2D eigenvalue weighted by Crippen LogP contribution is 2.44. The van der Waals surface area contributed by atoms with Gasteiger partial charge in [-0.3, -0.25) is 0 Å². The van der Waals surface area contributed by atoms with Crippen LogP contribution < -0.4 is 10.6 Å². The lowest BCUT2D eigenvalue weighted by atomic mass is 9.95. The number of carboxylic acid groups (broad SMARTS) is 1. The molecule has 5 nitrogen and oxygen atoms in total. The second-order valence-electron chi connectivity index (χ2n) is 5.88. The minimum absolute atomic E-state index is 0.0964. The van der Waals surface area contributed by atoms with Crippen LogP contribution in [-0.4, -0.2) is 23.1 Å². The largest absolute Gasteiger partial charge is 0.478 e. The molecular formula is C15H17ClN2O3. The van der Waals surface area contributed by atoms with Crippen molar-refractivity contribution in [3.05, 3.63) is 28.8 Å². The van der Waals surface area contributed by atoms with E-state index >= 15 is 0 Å². The SMILES string of the molecule is O=C(Nc1ccc(C(=O)O)cc1Cl)NC1CC2CCC1C2. The van der Waals surface area contributed by atoms with Gasteiger partial charge in [0.1, 0.15) is 0 Å². The zero-order chi connectivity index (χ0) is 15.0. The number of anilines is 1. The number of fused-ring (bicyclic) bond motifs is 2. The molecule has 3 atom stereocenters. The van der Waals surface area contributed by atoms with E-state index in [0.717, 1.165) is 12.3 Å². The van der Waals surface area contributed by atoms with E-state index in [2.05, 4.69) is 10.6 Å². The molecule has 1 aromatic rings. The fourth-order valence-corrected chi connectivity index (χ4v) is 3.73. The van der Waals surface area contributed by atoms with Crippen molar-refractivity contribution < 1.29 is 14.7 Å². The van der Waals surface area contributed by atoms with Gasteiger partial charge in [-0.15, -0.1) is 0 Å². The predicted molar refractivity (Wildman–Crippen MR) is 79.8 cm³/mol. The van der Waals surface area contributed by atoms with Crippen LogP contribution in [0.1, 0.15) is 36.0 Å². The Hall–Kier alpha value is -1.75. The number of carbonyl (C=O) groups excluding carboxylic acids is 1. The Kier molecular flexibility index (Phi) is 3.76. The molecule has 6 heteroatoms. The quantitative estimate of drug-likeness (QED) is 0.801. The van der Waals surface area contributed by atoms with Crippen LogP contribution in [0.2, 0.25) is 5.02 Å². The summed E-state index contributed by atoms with van der Waals surface area (Å²) in [5.74, 6) is 0.319. The molecule has 2 aliphatic rings. The summed E-state index contributed by atoms with van der Waals surface area (Å²) in [5.41, 5.74) is 0.515. The number of hydrogen-bond donors (Lipinski definition) is 3. The number of nitrogens with one attached hydrogen (secondary N) is 2. The summed E-state index contributed by atoms with van der Waals surface area (Å²) >= 11 is 5.99. The van der Waals surface area contributed by atoms with E-state index in [1.54, 1.807) is 0 Å². The minimum Gasteiger partial charge on any atom is -0.478 e. The average Bonchev–Trinajstić information content (AvgIpc) is 3.03. The monoisotopic (exact) mass is 308 g/mol. The molecule has 0 aliphatic heterocycles. The smallest absolute Gasteiger partial charge is 0.335 e. The second kappa shape index (κ2) is 5.56. The Bertz CT molecular complexity index is 590. The van der Waals surface area contributed by atoms with Crippen molar-refractivity contribution in [2.24, 2.45) is 11.8 Å². The Morgan fingerprint density at radius 2 is 2.05 bits per heavy atom. The lowest BCUT2D eigenvalue weighted by Crippen LogP contribution is -2.41. The van der Waals surface area contributed by atoms with Gasteiger partial charge in [0.2, 0.25) is 0 Å². The molecule has 112 valence electrons. The van der Waals surface area contributed by atoms with Crippen molar-refractivity contribution in [2.75, 3.05) is 5.32 Å². The molecule has 0 radical (unpaired) electrons. The summed E-state index contributed by atoms with van der Waals surface area (Å²) in [6.07, 6.45) is 4.76. The molecule has 3 N–H and O–H groups in total. The van der Waals surface area contributed by atoms with Gasteiger partial charge in [-0.05, 0) is 49.3 Å². The molecule has 0 heterocycles. The molecule has 2 bridgehead atoms. The molecule has 2 aliphatic carbocycles. The lowest BCUT2D eigenvalue weighted by molar-refractivity contribution is 0.0697. The topological polar surface area (TPSA) is 78.4 Å². The number of rotatable bonds is 3. The van der Waals surface area contributed by atoms with Gasteiger partial charge in [0.15, 0.2) is 0 Å². The molecule has 1 aromatic carbocycles. The van der Waals surface area contributed by atoms with Crippen LogP contribution in [0.15, 0.2) is 18.2 Å². The van der Waals surface area contributed by atoms with Crippen molar-refractivity contribution in [1.82, 2.24) is 5.32 Å². The summed E-state index contributed by atoms with van der Waals surface area (Å²) in [5, 5.41) is 14.8. The summed E-state index contributed by atoms with van der Waals surface area (Å²) in [7, 11) is 0. The van der Waals surface area contributed by atoms with Gasteiger partial charge in [0.05, 0.1) is 16.3 Å². The molecule has 21 heavy (non-hydrogen) atoms. The van der Waals surface area contributed by atoms with Crippen molar-refractivity contribution >= 4 is 29.3 Å². The maximum absolute atomic E-state index is 12.0. The van der Waals surface area contributed by atoms with Gasteiger partial charge in [-0.1, -0.05) is 18.0 Å². The molecule has 0 saturated heterocycles. The third-order valence-electron chi connectivity index (χ3n) is 4.52. The van der Waals surface area contributed by atoms with Crippen LogP contribution in [0.5, 0.6) is 0 Å². The highest BCUT2D eigenvalue weighted by Gasteiger charge is 2.40. The fourth-order valence-electron chi connectivity index (χ4n) is 3.50. The number of benzene rings is 1. The molecule has 0 spiro atoms. The van der Waals surface area contributed by atoms with E-state index in [9.17, 15) is 9.59 Å². The van der Waals surface area contributed by atoms with E-state index in [1.165, 1.54) is 37.5 Å². The van der Waals surface area contributed by atoms with Crippen LogP contribution in [0, 0.1) is 11.8 Å². The summed E-state index contributed by atoms with van der Waals surface area (Å²) in [6.45, 7) is 0. The molecular weight excluding hydrogens is 292 g/mol. The third-order valence-corrected chi connectivity index (χ3v) is 4.83. The molecule has 0 aromatic heterocycles. The Balaban J connectivity index is 1.61. The number of hydrogen-bond acceptors (Lipinski definition) is 2. The van der Waals surface area contributed by atoms with E-state index in [-0.39, 0.29) is 22.7 Å². The Morgan fingerprint density at radius 3 is 2.62 bits per heavy atom. The normalized spacial score (nSPS) is 26.6. The Labute approximate surface area is 127 Å². The van der Waals surface area contributed by atoms with Gasteiger partial charge in [0, 0.05) is 6.04 Å². The molecule has 3 rings (SSSR count). The third kappa shape index (κ3) is 2.97. The highest BCUT2D eigenvalue weighted by atomic mass is 35.5. The van der Waals surface area contributed by atoms with Crippen LogP contribution in [0.4, 0.5) is 10.5 Å². The predicted octanol–water partition coefficient (Wildman–Crippen LogP) is 3.35. The van der Waals surface area contributed by atoms with Crippen molar-refractivity contribution in [3.8, 4) is 0 Å². The van der Waals surface area contributed by atoms with E-state index in [0.29, 0.717) is 11.6 Å². The summed E-state index contributed by atoms with van der Waals surface area (Å²) in [6, 6.07) is 4.23. The van der Waals surface area contributed by atoms with Crippen LogP contribution in [0.3, 0.4) is 0 Å². The van der Waals surface area contributed by atoms with Crippen molar-refractivity contribution in [2.45, 2.75) is 31.7 Å². The van der Waals surface area contributed by atoms with Gasteiger partial charge in [-0.25, -0.2) is 9.59 Å². The zero-order valence-corrected chi connectivity index (χ0v) is 12.2. The number of carboxylic acids is 1. The molecule has 3 unspecified atom stereocenters. The summed E-state index contributed by atoms with van der Waals surface area (Å²) in [4.78, 5) is 22.9. The van der Waals surface area contributed by atoms with E-state index < -0.39 is 5.97 Å². The number of urea groups is 1. The maximum Gasteiger partial charge on any atom is 0.335 e. The van der Waals surface area contributed by atoms with Crippen LogP contribution in [0.25, 0.3) is 0 Å². The number of aromatic carboxylic acids is 1. The highest BCUT2D eigenvalue weighted by molar-refractivity contribution is 6.34. The van der Waals surface area contributed by atoms with Gasteiger partial charge < -0.3 is 15.7 Å². The zero-order valence-electron chi connectivity index (χ0n) is 11.4. The number of amides is 2. The lowest BCUT2D eigenvalue weighted by Gasteiger charge is -2.23. The van der Waals surface area contributed by atoms with Crippen molar-refractivity contribution in [3.63, 3.8) is 0 Å². The van der Waals surface area contributed by atoms with E-state index in [1.807, 2.05) is 0 Å². The van der Waals surface area contributed by atoms with Gasteiger partial charge in [0.25, 0.3) is 0 Å². The standard InChI is InChI=1S/C15H17ClN2O3/c16-11-7-10(14(19)20)3-4-12(11)17-15(21)18-13-6-8-1-2-9(13)5-8/h3-4,7-9,13H,1-2,5-6H2,(H,19,20)(H2,17,18,21). The second-order valence-corrected chi connectivity index (χ2v) is 6.29. The summed E-state index contributed by atoms with van der Waals surface area (Å²) < 4.78 is 0. The molecule has 2 amide bonds. The minimum atomic E-state index is -1.05. The van der Waals surface area contributed by atoms with Crippen LogP contribution in [-0.2, 0) is 0 Å². The maximum atomic E-state index is 12.0. The van der Waals surface area contributed by atoms with Crippen molar-refractivity contribution in [1.29, 1.82) is 0 Å². The van der Waals surface area contributed by atoms with Gasteiger partial charge >= 0.3 is 12.0 Å². The first-order valence-electron chi connectivity index (χ1n) is 7.13. The fraction of sp³-hybridized carbons (Fsp3) is 0.467. The molecule has 2 saturated carbocycles. The number of carbonyl (C=O) groups is 2. The first-order valence-corrected chi connectivity index (χ1v) is 7.51.